The molecule has 5 atom stereocenters. The van der Waals surface area contributed by atoms with Crippen LogP contribution >= 0.6 is 0 Å². The fourth-order valence-electron chi connectivity index (χ4n) is 5.23. The van der Waals surface area contributed by atoms with Gasteiger partial charge in [-0.15, -0.1) is 0 Å². The minimum Gasteiger partial charge on any atom is -0.484 e. The summed E-state index contributed by atoms with van der Waals surface area (Å²) in [7, 11) is 0. The number of hydrogen-bond donors (Lipinski definition) is 2. The van der Waals surface area contributed by atoms with E-state index in [1.807, 2.05) is 13.8 Å². The van der Waals surface area contributed by atoms with Crippen LogP contribution in [0.2, 0.25) is 0 Å². The lowest BCUT2D eigenvalue weighted by atomic mass is 9.97. The second-order valence-corrected chi connectivity index (χ2v) is 9.57. The predicted molar refractivity (Wildman–Crippen MR) is 112 cm³/mol. The van der Waals surface area contributed by atoms with Crippen LogP contribution in [0.1, 0.15) is 26.7 Å². The Morgan fingerprint density at radius 2 is 2.09 bits per heavy atom. The average molecular weight is 463 g/mol. The van der Waals surface area contributed by atoms with E-state index in [2.05, 4.69) is 10.6 Å². The van der Waals surface area contributed by atoms with Gasteiger partial charge >= 0.3 is 0 Å². The van der Waals surface area contributed by atoms with Gasteiger partial charge in [0, 0.05) is 25.1 Å². The zero-order valence-corrected chi connectivity index (χ0v) is 18.5. The van der Waals surface area contributed by atoms with Crippen LogP contribution in [0.15, 0.2) is 18.2 Å². The summed E-state index contributed by atoms with van der Waals surface area (Å²) in [6.07, 6.45) is 1.43. The second kappa shape index (κ2) is 8.72. The maximum absolute atomic E-state index is 13.4. The minimum atomic E-state index is -1.09. The molecule has 1 aromatic carbocycles. The second-order valence-electron chi connectivity index (χ2n) is 9.57. The molecule has 3 aliphatic rings. The Labute approximate surface area is 190 Å². The van der Waals surface area contributed by atoms with E-state index in [4.69, 9.17) is 4.74 Å². The first-order valence-electron chi connectivity index (χ1n) is 11.0. The van der Waals surface area contributed by atoms with E-state index < -0.39 is 42.1 Å². The number of hydrogen-bond acceptors (Lipinski definition) is 5. The minimum absolute atomic E-state index is 0.00352. The van der Waals surface area contributed by atoms with Crippen molar-refractivity contribution >= 4 is 24.0 Å². The van der Waals surface area contributed by atoms with Crippen molar-refractivity contribution in [2.45, 2.75) is 38.8 Å². The SMILES string of the molecule is CC1(C)C2CN(C(=O)COc3ccc(F)c(F)c3)[C@@H](C(=O)N[C@H](C=O)C[C@@H]3CCNC3=O)C21. The Hall–Kier alpha value is -3.04. The average Bonchev–Trinajstić information content (AvgIpc) is 3.13. The van der Waals surface area contributed by atoms with Crippen molar-refractivity contribution in [1.29, 1.82) is 0 Å². The molecule has 3 fully saturated rings. The maximum atomic E-state index is 13.4. The maximum Gasteiger partial charge on any atom is 0.261 e. The van der Waals surface area contributed by atoms with Crippen molar-refractivity contribution in [3.63, 3.8) is 0 Å². The van der Waals surface area contributed by atoms with E-state index in [9.17, 15) is 28.0 Å². The third-order valence-electron chi connectivity index (χ3n) is 7.24. The summed E-state index contributed by atoms with van der Waals surface area (Å²) in [5.41, 5.74) is -0.123. The number of nitrogens with zero attached hydrogens (tertiary/aromatic N) is 1. The number of nitrogens with one attached hydrogen (secondary N) is 2. The van der Waals surface area contributed by atoms with Gasteiger partial charge in [0.25, 0.3) is 5.91 Å². The lowest BCUT2D eigenvalue weighted by molar-refractivity contribution is -0.142. The molecule has 8 nitrogen and oxygen atoms in total. The van der Waals surface area contributed by atoms with E-state index in [1.54, 1.807) is 0 Å². The van der Waals surface area contributed by atoms with Crippen LogP contribution in [-0.4, -0.2) is 60.7 Å². The number of rotatable bonds is 8. The zero-order chi connectivity index (χ0) is 23.9. The molecule has 0 radical (unpaired) electrons. The smallest absolute Gasteiger partial charge is 0.261 e. The van der Waals surface area contributed by atoms with E-state index in [1.165, 1.54) is 11.0 Å². The standard InChI is InChI=1S/C23H27F2N3O5/c1-23(2)15-9-28(18(30)11-33-14-3-4-16(24)17(25)8-14)20(19(15)23)22(32)27-13(10-29)7-12-5-6-26-21(12)31/h3-4,8,10,12-13,15,19-20H,5-7,9,11H2,1-2H3,(H,26,31)(H,27,32)/t12-,13-,15?,19?,20+/m0/s1. The molecule has 0 spiro atoms. The van der Waals surface area contributed by atoms with Crippen LogP contribution in [0.5, 0.6) is 5.75 Å². The van der Waals surface area contributed by atoms with Crippen LogP contribution < -0.4 is 15.4 Å². The number of likely N-dealkylation sites (tertiary alicyclic amines) is 1. The van der Waals surface area contributed by atoms with Crippen molar-refractivity contribution < 1.29 is 32.7 Å². The molecule has 2 aliphatic heterocycles. The quantitative estimate of drug-likeness (QED) is 0.561. The molecule has 3 amide bonds. The molecule has 0 aromatic heterocycles. The summed E-state index contributed by atoms with van der Waals surface area (Å²) in [5.74, 6) is -3.40. The van der Waals surface area contributed by atoms with Gasteiger partial charge in [0.1, 0.15) is 18.1 Å². The molecule has 2 unspecified atom stereocenters. The summed E-state index contributed by atoms with van der Waals surface area (Å²) in [6, 6.07) is 1.37. The molecule has 1 aromatic rings. The summed E-state index contributed by atoms with van der Waals surface area (Å²) in [4.78, 5) is 50.9. The number of aldehydes is 1. The van der Waals surface area contributed by atoms with Gasteiger partial charge in [0.15, 0.2) is 18.2 Å². The van der Waals surface area contributed by atoms with E-state index in [0.29, 0.717) is 25.8 Å². The lowest BCUT2D eigenvalue weighted by Crippen LogP contribution is -2.53. The number of benzene rings is 1. The molecule has 33 heavy (non-hydrogen) atoms. The summed E-state index contributed by atoms with van der Waals surface area (Å²) >= 11 is 0. The predicted octanol–water partition coefficient (Wildman–Crippen LogP) is 1.04. The van der Waals surface area contributed by atoms with Gasteiger partial charge in [0.05, 0.1) is 6.04 Å². The number of carbonyl (C=O) groups is 4. The van der Waals surface area contributed by atoms with Gasteiger partial charge in [-0.1, -0.05) is 13.8 Å². The van der Waals surface area contributed by atoms with Crippen LogP contribution in [0.25, 0.3) is 0 Å². The van der Waals surface area contributed by atoms with E-state index in [-0.39, 0.29) is 41.2 Å². The first kappa shape index (κ1) is 23.1. The molecular weight excluding hydrogens is 436 g/mol. The Morgan fingerprint density at radius 1 is 1.33 bits per heavy atom. The molecule has 178 valence electrons. The highest BCUT2D eigenvalue weighted by molar-refractivity contribution is 5.91. The highest BCUT2D eigenvalue weighted by atomic mass is 19.2. The van der Waals surface area contributed by atoms with Crippen LogP contribution in [0, 0.1) is 34.8 Å². The van der Waals surface area contributed by atoms with E-state index >= 15 is 0 Å². The molecule has 2 heterocycles. The third kappa shape index (κ3) is 4.43. The summed E-state index contributed by atoms with van der Waals surface area (Å²) in [5, 5.41) is 5.42. The Kier molecular flexibility index (Phi) is 6.11. The number of carbonyl (C=O) groups excluding carboxylic acids is 4. The van der Waals surface area contributed by atoms with Gasteiger partial charge in [0.2, 0.25) is 11.8 Å². The Morgan fingerprint density at radius 3 is 2.73 bits per heavy atom. The Balaban J connectivity index is 1.41. The van der Waals surface area contributed by atoms with Gasteiger partial charge in [-0.25, -0.2) is 8.78 Å². The number of piperidine rings is 1. The van der Waals surface area contributed by atoms with Gasteiger partial charge in [-0.3, -0.25) is 14.4 Å². The molecule has 2 N–H and O–H groups in total. The van der Waals surface area contributed by atoms with Crippen molar-refractivity contribution in [3.8, 4) is 5.75 Å². The largest absolute Gasteiger partial charge is 0.484 e. The first-order valence-corrected chi connectivity index (χ1v) is 11.0. The normalized spacial score (nSPS) is 28.0. The molecule has 10 heteroatoms. The van der Waals surface area contributed by atoms with Crippen molar-refractivity contribution in [2.24, 2.45) is 23.2 Å². The van der Waals surface area contributed by atoms with Gasteiger partial charge < -0.3 is 25.1 Å². The fraction of sp³-hybridized carbons (Fsp3) is 0.565. The van der Waals surface area contributed by atoms with Crippen LogP contribution in [0.3, 0.4) is 0 Å². The highest BCUT2D eigenvalue weighted by Gasteiger charge is 2.69. The molecule has 4 rings (SSSR count). The number of amides is 3. The summed E-state index contributed by atoms with van der Waals surface area (Å²) < 4.78 is 31.8. The Bertz CT molecular complexity index is 985. The monoisotopic (exact) mass is 463 g/mol. The van der Waals surface area contributed by atoms with Crippen molar-refractivity contribution in [3.05, 3.63) is 29.8 Å². The van der Waals surface area contributed by atoms with Crippen LogP contribution in [0.4, 0.5) is 8.78 Å². The fourth-order valence-corrected chi connectivity index (χ4v) is 5.23. The third-order valence-corrected chi connectivity index (χ3v) is 7.24. The number of halogens is 2. The number of fused-ring (bicyclic) bond motifs is 1. The van der Waals surface area contributed by atoms with Crippen molar-refractivity contribution in [1.82, 2.24) is 15.5 Å². The van der Waals surface area contributed by atoms with Gasteiger partial charge in [-0.2, -0.15) is 0 Å². The molecular formula is C23H27F2N3O5. The highest BCUT2D eigenvalue weighted by Crippen LogP contribution is 2.64. The topological polar surface area (TPSA) is 105 Å². The number of ether oxygens (including phenoxy) is 1. The van der Waals surface area contributed by atoms with Crippen LogP contribution in [-0.2, 0) is 19.2 Å². The van der Waals surface area contributed by atoms with Crippen molar-refractivity contribution in [2.75, 3.05) is 19.7 Å². The lowest BCUT2D eigenvalue weighted by Gasteiger charge is -2.31. The molecule has 2 saturated heterocycles. The first-order chi connectivity index (χ1) is 15.6. The van der Waals surface area contributed by atoms with Gasteiger partial charge in [-0.05, 0) is 42.2 Å². The summed E-state index contributed by atoms with van der Waals surface area (Å²) in [6.45, 7) is 4.54. The molecule has 1 saturated carbocycles. The van der Waals surface area contributed by atoms with E-state index in [0.717, 1.165) is 12.1 Å². The zero-order valence-electron chi connectivity index (χ0n) is 18.5. The molecule has 1 aliphatic carbocycles. The molecule has 0 bridgehead atoms.